The van der Waals surface area contributed by atoms with Crippen LogP contribution in [0.2, 0.25) is 0 Å². The van der Waals surface area contributed by atoms with Gasteiger partial charge in [0.2, 0.25) is 0 Å². The van der Waals surface area contributed by atoms with Gasteiger partial charge in [-0.1, -0.05) is 106 Å². The molecule has 0 saturated heterocycles. The molecule has 2 nitrogen and oxygen atoms in total. The van der Waals surface area contributed by atoms with Gasteiger partial charge in [0.05, 0.1) is 0 Å². The summed E-state index contributed by atoms with van der Waals surface area (Å²) in [5.74, 6) is 0. The average molecular weight is 509 g/mol. The summed E-state index contributed by atoms with van der Waals surface area (Å²) >= 11 is 0. The highest BCUT2D eigenvalue weighted by atomic mass is 15.0. The van der Waals surface area contributed by atoms with Crippen LogP contribution in [0.15, 0.2) is 109 Å². The van der Waals surface area contributed by atoms with Gasteiger partial charge in [0.15, 0.2) is 0 Å². The van der Waals surface area contributed by atoms with Crippen LogP contribution < -0.4 is 0 Å². The number of aromatic nitrogens is 2. The summed E-state index contributed by atoms with van der Waals surface area (Å²) in [6.45, 7) is 11.3. The smallest absolute Gasteiger partial charge is 0.102 e. The summed E-state index contributed by atoms with van der Waals surface area (Å²) in [4.78, 5) is 0. The minimum Gasteiger partial charge on any atom is -0.343 e. The summed E-state index contributed by atoms with van der Waals surface area (Å²) in [6, 6.07) is 41.0. The fraction of sp³-hybridized carbons (Fsp3) is 0.243. The first-order chi connectivity index (χ1) is 19.0. The minimum absolute atomic E-state index is 0.160. The van der Waals surface area contributed by atoms with Gasteiger partial charge < -0.3 is 9.13 Å². The van der Waals surface area contributed by atoms with E-state index in [2.05, 4.69) is 146 Å². The minimum atomic E-state index is -0.439. The highest BCUT2D eigenvalue weighted by Gasteiger charge is 2.50. The number of nitrogens with zero attached hydrogens (tertiary/aromatic N) is 2. The van der Waals surface area contributed by atoms with E-state index in [9.17, 15) is 0 Å². The van der Waals surface area contributed by atoms with Gasteiger partial charge in [-0.15, -0.1) is 0 Å². The fourth-order valence-corrected chi connectivity index (χ4v) is 7.01. The molecule has 1 aliphatic rings. The quantitative estimate of drug-likeness (QED) is 0.212. The Bertz CT molecular complexity index is 1800. The molecule has 0 spiro atoms. The van der Waals surface area contributed by atoms with Crippen LogP contribution in [-0.4, -0.2) is 9.13 Å². The summed E-state index contributed by atoms with van der Waals surface area (Å²) in [6.07, 6.45) is 1.12. The third-order valence-electron chi connectivity index (χ3n) is 9.20. The molecule has 0 bridgehead atoms. The van der Waals surface area contributed by atoms with Gasteiger partial charge in [-0.25, -0.2) is 0 Å². The predicted octanol–water partition coefficient (Wildman–Crippen LogP) is 9.42. The van der Waals surface area contributed by atoms with E-state index in [1.807, 2.05) is 0 Å². The number of fused-ring (bicyclic) bond motifs is 5. The maximum atomic E-state index is 2.65. The van der Waals surface area contributed by atoms with E-state index >= 15 is 0 Å². The summed E-state index contributed by atoms with van der Waals surface area (Å²) < 4.78 is 5.20. The van der Waals surface area contributed by atoms with Gasteiger partial charge in [0.1, 0.15) is 5.41 Å². The monoisotopic (exact) mass is 508 g/mol. The van der Waals surface area contributed by atoms with Crippen LogP contribution in [0, 0.1) is 5.41 Å². The lowest BCUT2D eigenvalue weighted by atomic mass is 9.72. The molecule has 0 aliphatic heterocycles. The largest absolute Gasteiger partial charge is 0.343 e. The third-order valence-corrected chi connectivity index (χ3v) is 9.20. The molecule has 0 unspecified atom stereocenters. The van der Waals surface area contributed by atoms with Crippen molar-refractivity contribution in [1.29, 1.82) is 0 Å². The molecule has 2 aromatic heterocycles. The first kappa shape index (κ1) is 24.0. The second kappa shape index (κ2) is 8.74. The van der Waals surface area contributed by atoms with Crippen molar-refractivity contribution in [2.45, 2.75) is 52.6 Å². The molecule has 39 heavy (non-hydrogen) atoms. The van der Waals surface area contributed by atoms with Gasteiger partial charge in [-0.2, -0.15) is 0 Å². The zero-order valence-electron chi connectivity index (χ0n) is 23.4. The van der Waals surface area contributed by atoms with Gasteiger partial charge in [-0.05, 0) is 76.1 Å². The molecule has 4 aromatic carbocycles. The second-order valence-electron chi connectivity index (χ2n) is 11.9. The van der Waals surface area contributed by atoms with Crippen LogP contribution in [0.1, 0.15) is 56.6 Å². The predicted molar refractivity (Wildman–Crippen MR) is 164 cm³/mol. The first-order valence-corrected chi connectivity index (χ1v) is 14.4. The molecule has 0 radical (unpaired) electrons. The molecule has 0 fully saturated rings. The highest BCUT2D eigenvalue weighted by Crippen LogP contribution is 2.57. The molecule has 0 saturated carbocycles. The van der Waals surface area contributed by atoms with Crippen LogP contribution in [0.5, 0.6) is 0 Å². The maximum Gasteiger partial charge on any atom is 0.102 e. The summed E-state index contributed by atoms with van der Waals surface area (Å²) in [5, 5.41) is 2.60. The fourth-order valence-electron chi connectivity index (χ4n) is 7.01. The molecule has 7 rings (SSSR count). The Morgan fingerprint density at radius 1 is 0.590 bits per heavy atom. The van der Waals surface area contributed by atoms with Gasteiger partial charge in [0.25, 0.3) is 0 Å². The molecule has 1 aliphatic carbocycles. The van der Waals surface area contributed by atoms with Crippen molar-refractivity contribution in [3.8, 4) is 11.1 Å². The van der Waals surface area contributed by atoms with Crippen LogP contribution in [0.3, 0.4) is 0 Å². The van der Waals surface area contributed by atoms with E-state index in [1.165, 1.54) is 55.4 Å². The number of aryl methyl sites for hydroxylation is 1. The Kier molecular flexibility index (Phi) is 5.39. The Morgan fingerprint density at radius 2 is 1.05 bits per heavy atom. The maximum absolute atomic E-state index is 2.65. The Labute approximate surface area is 231 Å². The third kappa shape index (κ3) is 3.34. The molecule has 0 amide bonds. The Hall–Kier alpha value is -4.04. The first-order valence-electron chi connectivity index (χ1n) is 14.4. The Morgan fingerprint density at radius 3 is 1.59 bits per heavy atom. The van der Waals surface area contributed by atoms with Crippen molar-refractivity contribution in [3.63, 3.8) is 0 Å². The zero-order chi connectivity index (χ0) is 26.8. The number of rotatable bonds is 6. The lowest BCUT2D eigenvalue weighted by Gasteiger charge is -2.36. The van der Waals surface area contributed by atoms with E-state index < -0.39 is 5.41 Å². The number of hydrogen-bond donors (Lipinski definition) is 0. The van der Waals surface area contributed by atoms with Crippen LogP contribution in [0.25, 0.3) is 32.9 Å². The average Bonchev–Trinajstić information content (AvgIpc) is 3.61. The van der Waals surface area contributed by atoms with E-state index in [-0.39, 0.29) is 5.41 Å². The van der Waals surface area contributed by atoms with Gasteiger partial charge >= 0.3 is 0 Å². The number of para-hydroxylation sites is 2. The molecule has 194 valence electrons. The van der Waals surface area contributed by atoms with Crippen LogP contribution in [0.4, 0.5) is 0 Å². The summed E-state index contributed by atoms with van der Waals surface area (Å²) in [5.41, 5.74) is 10.5. The van der Waals surface area contributed by atoms with E-state index in [0.717, 1.165) is 19.5 Å². The standard InChI is InChI=1S/C37H36N2/c1-5-36(3,4)25-39-33-22-14-8-16-27(33)24-35(39)37(34-23-26-15-7-13-21-32(26)38(34)6-2)30-19-11-9-17-28(30)29-18-10-12-20-31(29)37/h7-24H,5-6,25H2,1-4H3. The molecular weight excluding hydrogens is 472 g/mol. The highest BCUT2D eigenvalue weighted by molar-refractivity contribution is 5.91. The van der Waals surface area contributed by atoms with Crippen molar-refractivity contribution in [3.05, 3.63) is 132 Å². The van der Waals surface area contributed by atoms with E-state index in [4.69, 9.17) is 0 Å². The molecule has 6 aromatic rings. The zero-order valence-corrected chi connectivity index (χ0v) is 23.4. The number of benzene rings is 4. The molecular formula is C37H36N2. The van der Waals surface area contributed by atoms with Crippen molar-refractivity contribution in [1.82, 2.24) is 9.13 Å². The van der Waals surface area contributed by atoms with Crippen molar-refractivity contribution in [2.24, 2.45) is 5.41 Å². The van der Waals surface area contributed by atoms with Gasteiger partial charge in [-0.3, -0.25) is 0 Å². The van der Waals surface area contributed by atoms with Crippen LogP contribution in [-0.2, 0) is 18.5 Å². The molecule has 2 heteroatoms. The topological polar surface area (TPSA) is 9.86 Å². The van der Waals surface area contributed by atoms with E-state index in [1.54, 1.807) is 0 Å². The normalized spacial score (nSPS) is 14.2. The van der Waals surface area contributed by atoms with Crippen molar-refractivity contribution >= 4 is 21.8 Å². The SMILES string of the molecule is CCn1c(C2(c3cc4ccccc4n3CC(C)(C)CC)c3ccccc3-c3ccccc32)cc2ccccc21. The van der Waals surface area contributed by atoms with Crippen LogP contribution >= 0.6 is 0 Å². The van der Waals surface area contributed by atoms with Gasteiger partial charge in [0, 0.05) is 35.5 Å². The Balaban J connectivity index is 1.70. The molecule has 2 heterocycles. The summed E-state index contributed by atoms with van der Waals surface area (Å²) in [7, 11) is 0. The molecule has 0 N–H and O–H groups in total. The van der Waals surface area contributed by atoms with Crippen molar-refractivity contribution < 1.29 is 0 Å². The van der Waals surface area contributed by atoms with Crippen molar-refractivity contribution in [2.75, 3.05) is 0 Å². The molecule has 0 atom stereocenters. The lowest BCUT2D eigenvalue weighted by molar-refractivity contribution is 0.292. The number of hydrogen-bond acceptors (Lipinski definition) is 0. The lowest BCUT2D eigenvalue weighted by Crippen LogP contribution is -2.35. The van der Waals surface area contributed by atoms with E-state index in [0.29, 0.717) is 0 Å². The second-order valence-corrected chi connectivity index (χ2v) is 11.9.